The van der Waals surface area contributed by atoms with E-state index in [4.69, 9.17) is 11.5 Å². The van der Waals surface area contributed by atoms with Crippen LogP contribution in [0.25, 0.3) is 0 Å². The first-order valence-corrected chi connectivity index (χ1v) is 4.49. The van der Waals surface area contributed by atoms with Gasteiger partial charge in [0.05, 0.1) is 0 Å². The first-order chi connectivity index (χ1) is 6.29. The fourth-order valence-corrected chi connectivity index (χ4v) is 1.85. The Balaban J connectivity index is 2.37. The van der Waals surface area contributed by atoms with E-state index >= 15 is 0 Å². The molecule has 1 fully saturated rings. The lowest BCUT2D eigenvalue weighted by molar-refractivity contribution is 0.764. The maximum atomic E-state index is 5.85. The van der Waals surface area contributed by atoms with Crippen molar-refractivity contribution in [3.05, 3.63) is 17.8 Å². The number of nitrogens with one attached hydrogen (secondary N) is 1. The minimum Gasteiger partial charge on any atom is -0.398 e. The zero-order valence-corrected chi connectivity index (χ0v) is 7.46. The summed E-state index contributed by atoms with van der Waals surface area (Å²) in [5.74, 6) is 1.02. The van der Waals surface area contributed by atoms with Gasteiger partial charge >= 0.3 is 0 Å². The van der Waals surface area contributed by atoms with Gasteiger partial charge < -0.3 is 16.8 Å². The number of hydrogen-bond donors (Lipinski definition) is 3. The molecule has 13 heavy (non-hydrogen) atoms. The van der Waals surface area contributed by atoms with Crippen molar-refractivity contribution in [2.24, 2.45) is 0 Å². The number of nitrogen functional groups attached to an aromatic ring is 2. The fraction of sp³-hybridized carbons (Fsp3) is 0.444. The predicted octanol–water partition coefficient (Wildman–Crippen LogP) is 0.323. The van der Waals surface area contributed by atoms with E-state index in [1.807, 2.05) is 6.07 Å². The van der Waals surface area contributed by atoms with Gasteiger partial charge in [0, 0.05) is 29.9 Å². The molecule has 4 heteroatoms. The Hall–Kier alpha value is -1.29. The van der Waals surface area contributed by atoms with Crippen LogP contribution in [0.1, 0.15) is 17.9 Å². The lowest BCUT2D eigenvalue weighted by atomic mass is 9.97. The lowest BCUT2D eigenvalue weighted by Gasteiger charge is -2.13. The summed E-state index contributed by atoms with van der Waals surface area (Å²) in [6.07, 6.45) is 2.75. The number of nitrogens with zero attached hydrogens (tertiary/aromatic N) is 1. The molecule has 1 aromatic rings. The minimum atomic E-state index is 0.439. The summed E-state index contributed by atoms with van der Waals surface area (Å²) in [5.41, 5.74) is 13.4. The van der Waals surface area contributed by atoms with Crippen LogP contribution in [-0.2, 0) is 0 Å². The van der Waals surface area contributed by atoms with Gasteiger partial charge in [0.2, 0.25) is 0 Å². The topological polar surface area (TPSA) is 77.0 Å². The molecular weight excluding hydrogens is 164 g/mol. The number of pyridine rings is 1. The van der Waals surface area contributed by atoms with Crippen molar-refractivity contribution < 1.29 is 0 Å². The predicted molar refractivity (Wildman–Crippen MR) is 53.3 cm³/mol. The quantitative estimate of drug-likeness (QED) is 0.579. The molecule has 4 nitrogen and oxygen atoms in total. The largest absolute Gasteiger partial charge is 0.398 e. The van der Waals surface area contributed by atoms with E-state index < -0.39 is 0 Å². The highest BCUT2D eigenvalue weighted by atomic mass is 14.9. The van der Waals surface area contributed by atoms with E-state index in [2.05, 4.69) is 10.3 Å². The zero-order valence-electron chi connectivity index (χ0n) is 7.46. The summed E-state index contributed by atoms with van der Waals surface area (Å²) in [7, 11) is 0. The van der Waals surface area contributed by atoms with Crippen molar-refractivity contribution in [3.63, 3.8) is 0 Å². The Morgan fingerprint density at radius 3 is 2.92 bits per heavy atom. The van der Waals surface area contributed by atoms with Gasteiger partial charge in [0.15, 0.2) is 0 Å². The third-order valence-electron chi connectivity index (χ3n) is 2.52. The summed E-state index contributed by atoms with van der Waals surface area (Å²) < 4.78 is 0. The Morgan fingerprint density at radius 2 is 2.31 bits per heavy atom. The van der Waals surface area contributed by atoms with E-state index in [-0.39, 0.29) is 0 Å². The average molecular weight is 178 g/mol. The molecule has 0 spiro atoms. The molecule has 0 bridgehead atoms. The molecule has 1 aliphatic rings. The molecule has 1 atom stereocenters. The molecule has 1 saturated heterocycles. The molecule has 0 saturated carbocycles. The van der Waals surface area contributed by atoms with Crippen molar-refractivity contribution in [2.45, 2.75) is 12.3 Å². The van der Waals surface area contributed by atoms with Crippen LogP contribution in [0.4, 0.5) is 11.5 Å². The normalized spacial score (nSPS) is 22.0. The number of nitrogens with two attached hydrogens (primary N) is 2. The highest BCUT2D eigenvalue weighted by Gasteiger charge is 2.21. The summed E-state index contributed by atoms with van der Waals surface area (Å²) in [6.45, 7) is 2.00. The second-order valence-corrected chi connectivity index (χ2v) is 3.39. The van der Waals surface area contributed by atoms with Gasteiger partial charge in [-0.3, -0.25) is 0 Å². The molecular formula is C9H14N4. The third-order valence-corrected chi connectivity index (χ3v) is 2.52. The molecule has 1 aliphatic heterocycles. The van der Waals surface area contributed by atoms with E-state index in [9.17, 15) is 0 Å². The molecule has 5 N–H and O–H groups in total. The Morgan fingerprint density at radius 1 is 1.46 bits per heavy atom. The number of anilines is 2. The number of rotatable bonds is 1. The SMILES string of the molecule is Nc1ccnc(N)c1C1CCNC1. The van der Waals surface area contributed by atoms with Crippen LogP contribution in [0.5, 0.6) is 0 Å². The van der Waals surface area contributed by atoms with Crippen molar-refractivity contribution in [3.8, 4) is 0 Å². The highest BCUT2D eigenvalue weighted by Crippen LogP contribution is 2.30. The van der Waals surface area contributed by atoms with E-state index in [0.29, 0.717) is 11.7 Å². The summed E-state index contributed by atoms with van der Waals surface area (Å²) >= 11 is 0. The van der Waals surface area contributed by atoms with Crippen LogP contribution in [0.3, 0.4) is 0 Å². The molecule has 1 unspecified atom stereocenters. The maximum Gasteiger partial charge on any atom is 0.128 e. The lowest BCUT2D eigenvalue weighted by Crippen LogP contribution is -2.11. The van der Waals surface area contributed by atoms with E-state index in [0.717, 1.165) is 30.8 Å². The average Bonchev–Trinajstić information content (AvgIpc) is 2.57. The van der Waals surface area contributed by atoms with Crippen molar-refractivity contribution in [2.75, 3.05) is 24.6 Å². The molecule has 0 aromatic carbocycles. The van der Waals surface area contributed by atoms with Gasteiger partial charge in [-0.1, -0.05) is 0 Å². The van der Waals surface area contributed by atoms with Crippen LogP contribution >= 0.6 is 0 Å². The van der Waals surface area contributed by atoms with Gasteiger partial charge in [-0.2, -0.15) is 0 Å². The van der Waals surface area contributed by atoms with Gasteiger partial charge in [0.25, 0.3) is 0 Å². The second kappa shape index (κ2) is 3.22. The Bertz CT molecular complexity index is 284. The van der Waals surface area contributed by atoms with Crippen LogP contribution in [-0.4, -0.2) is 18.1 Å². The second-order valence-electron chi connectivity index (χ2n) is 3.39. The van der Waals surface area contributed by atoms with Gasteiger partial charge in [-0.15, -0.1) is 0 Å². The molecule has 2 heterocycles. The molecule has 70 valence electrons. The summed E-state index contributed by atoms with van der Waals surface area (Å²) in [6, 6.07) is 1.81. The fourth-order valence-electron chi connectivity index (χ4n) is 1.85. The number of hydrogen-bond acceptors (Lipinski definition) is 4. The molecule has 1 aromatic heterocycles. The van der Waals surface area contributed by atoms with Crippen molar-refractivity contribution >= 4 is 11.5 Å². The van der Waals surface area contributed by atoms with E-state index in [1.165, 1.54) is 0 Å². The standard InChI is InChI=1S/C9H14N4/c10-7-2-4-13-9(11)8(7)6-1-3-12-5-6/h2,4,6,12H,1,3,5H2,(H4,10,11,13). The Kier molecular flexibility index (Phi) is 2.06. The first kappa shape index (κ1) is 8.31. The summed E-state index contributed by atoms with van der Waals surface area (Å²) in [4.78, 5) is 4.05. The Labute approximate surface area is 77.3 Å². The zero-order chi connectivity index (χ0) is 9.26. The van der Waals surface area contributed by atoms with Crippen LogP contribution < -0.4 is 16.8 Å². The minimum absolute atomic E-state index is 0.439. The van der Waals surface area contributed by atoms with Crippen LogP contribution in [0, 0.1) is 0 Å². The molecule has 0 radical (unpaired) electrons. The van der Waals surface area contributed by atoms with Crippen LogP contribution in [0.2, 0.25) is 0 Å². The van der Waals surface area contributed by atoms with Crippen LogP contribution in [0.15, 0.2) is 12.3 Å². The van der Waals surface area contributed by atoms with Crippen molar-refractivity contribution in [1.82, 2.24) is 10.3 Å². The molecule has 2 rings (SSSR count). The highest BCUT2D eigenvalue weighted by molar-refractivity contribution is 5.59. The monoisotopic (exact) mass is 178 g/mol. The van der Waals surface area contributed by atoms with Gasteiger partial charge in [-0.25, -0.2) is 4.98 Å². The number of aromatic nitrogens is 1. The summed E-state index contributed by atoms with van der Waals surface area (Å²) in [5, 5.41) is 3.29. The molecule has 0 aliphatic carbocycles. The van der Waals surface area contributed by atoms with Crippen molar-refractivity contribution in [1.29, 1.82) is 0 Å². The third kappa shape index (κ3) is 1.45. The molecule has 0 amide bonds. The van der Waals surface area contributed by atoms with Gasteiger partial charge in [0.1, 0.15) is 5.82 Å². The van der Waals surface area contributed by atoms with E-state index in [1.54, 1.807) is 6.20 Å². The smallest absolute Gasteiger partial charge is 0.128 e. The maximum absolute atomic E-state index is 5.85. The van der Waals surface area contributed by atoms with Gasteiger partial charge in [-0.05, 0) is 19.0 Å². The first-order valence-electron chi connectivity index (χ1n) is 4.49.